The summed E-state index contributed by atoms with van der Waals surface area (Å²) in [7, 11) is -0.591. The summed E-state index contributed by atoms with van der Waals surface area (Å²) >= 11 is 0. The summed E-state index contributed by atoms with van der Waals surface area (Å²) in [5, 5.41) is 0. The summed E-state index contributed by atoms with van der Waals surface area (Å²) in [4.78, 5) is 0.207. The molecule has 30 heavy (non-hydrogen) atoms. The lowest BCUT2D eigenvalue weighted by Gasteiger charge is -2.13. The first-order valence-corrected chi connectivity index (χ1v) is 10.8. The largest absolute Gasteiger partial charge is 0.493 e. The molecular formula is C24H21NO4S. The fourth-order valence-corrected chi connectivity index (χ4v) is 4.56. The molecule has 0 aliphatic heterocycles. The molecule has 2 aromatic rings. The van der Waals surface area contributed by atoms with E-state index < -0.39 is 10.0 Å². The van der Waals surface area contributed by atoms with Crippen LogP contribution < -0.4 is 14.2 Å². The van der Waals surface area contributed by atoms with Gasteiger partial charge in [0.25, 0.3) is 10.0 Å². The number of sulfonamides is 1. The Kier molecular flexibility index (Phi) is 5.33. The quantitative estimate of drug-likeness (QED) is 0.462. The van der Waals surface area contributed by atoms with E-state index in [1.165, 1.54) is 0 Å². The van der Waals surface area contributed by atoms with Gasteiger partial charge in [0.2, 0.25) is 0 Å². The highest BCUT2D eigenvalue weighted by molar-refractivity contribution is 7.92. The Morgan fingerprint density at radius 1 is 0.700 bits per heavy atom. The summed E-state index contributed by atoms with van der Waals surface area (Å²) in [5.41, 5.74) is 3.96. The summed E-state index contributed by atoms with van der Waals surface area (Å²) in [5.74, 6) is 1.18. The normalized spacial score (nSPS) is 11.3. The van der Waals surface area contributed by atoms with Crippen molar-refractivity contribution in [3.8, 4) is 33.8 Å². The molecular weight excluding hydrogens is 398 g/mol. The van der Waals surface area contributed by atoms with E-state index in [1.54, 1.807) is 44.6 Å². The Bertz CT molecular complexity index is 1250. The van der Waals surface area contributed by atoms with E-state index in [-0.39, 0.29) is 4.90 Å². The average Bonchev–Trinajstić information content (AvgIpc) is 2.93. The Morgan fingerprint density at radius 2 is 1.37 bits per heavy atom. The van der Waals surface area contributed by atoms with Crippen LogP contribution in [0.15, 0.2) is 89.8 Å². The van der Waals surface area contributed by atoms with Gasteiger partial charge in [-0.3, -0.25) is 4.72 Å². The summed E-state index contributed by atoms with van der Waals surface area (Å²) in [6, 6.07) is 25.5. The molecule has 2 aliphatic carbocycles. The summed E-state index contributed by atoms with van der Waals surface area (Å²) in [6.07, 6.45) is 0. The van der Waals surface area contributed by atoms with Crippen LogP contribution in [0.5, 0.6) is 11.5 Å². The fraction of sp³-hybridized carbons (Fsp3) is 0.0833. The highest BCUT2D eigenvalue weighted by Gasteiger charge is 2.22. The van der Waals surface area contributed by atoms with E-state index in [4.69, 9.17) is 9.47 Å². The monoisotopic (exact) mass is 419 g/mol. The van der Waals surface area contributed by atoms with Gasteiger partial charge >= 0.3 is 0 Å². The molecule has 0 unspecified atom stereocenters. The van der Waals surface area contributed by atoms with Crippen molar-refractivity contribution in [3.05, 3.63) is 84.9 Å². The molecule has 0 bridgehead atoms. The van der Waals surface area contributed by atoms with Crippen LogP contribution in [0.2, 0.25) is 0 Å². The van der Waals surface area contributed by atoms with E-state index >= 15 is 0 Å². The first-order valence-electron chi connectivity index (χ1n) is 9.35. The molecule has 4 rings (SSSR count). The van der Waals surface area contributed by atoms with Crippen LogP contribution in [-0.2, 0) is 10.0 Å². The van der Waals surface area contributed by atoms with Crippen LogP contribution >= 0.6 is 0 Å². The SMILES string of the molecule is COc1ccc(-c2c(NS(=O)(=O)c3ccccc3)cc3cccccc2-3)cc1OC. The Balaban J connectivity index is 1.90. The number of anilines is 1. The van der Waals surface area contributed by atoms with Crippen LogP contribution in [0.1, 0.15) is 0 Å². The topological polar surface area (TPSA) is 64.6 Å². The molecule has 5 nitrogen and oxygen atoms in total. The predicted molar refractivity (Wildman–Crippen MR) is 119 cm³/mol. The van der Waals surface area contributed by atoms with Gasteiger partial charge in [-0.2, -0.15) is 0 Å². The van der Waals surface area contributed by atoms with Crippen molar-refractivity contribution in [2.45, 2.75) is 4.90 Å². The Labute approximate surface area is 176 Å². The van der Waals surface area contributed by atoms with Crippen molar-refractivity contribution in [2.75, 3.05) is 18.9 Å². The zero-order valence-electron chi connectivity index (χ0n) is 16.6. The molecule has 0 radical (unpaired) electrons. The first kappa shape index (κ1) is 19.8. The molecule has 0 aromatic heterocycles. The number of methoxy groups -OCH3 is 2. The molecule has 0 saturated heterocycles. The molecule has 2 aromatic carbocycles. The van der Waals surface area contributed by atoms with Crippen LogP contribution in [0.4, 0.5) is 5.69 Å². The maximum absolute atomic E-state index is 13.0. The third-order valence-electron chi connectivity index (χ3n) is 4.88. The van der Waals surface area contributed by atoms with E-state index in [0.29, 0.717) is 17.2 Å². The minimum atomic E-state index is -3.74. The molecule has 0 heterocycles. The van der Waals surface area contributed by atoms with Crippen molar-refractivity contribution in [2.24, 2.45) is 0 Å². The molecule has 152 valence electrons. The number of hydrogen-bond donors (Lipinski definition) is 1. The zero-order chi connectivity index (χ0) is 21.1. The number of ether oxygens (including phenoxy) is 2. The van der Waals surface area contributed by atoms with Crippen molar-refractivity contribution >= 4 is 15.7 Å². The smallest absolute Gasteiger partial charge is 0.261 e. The fourth-order valence-electron chi connectivity index (χ4n) is 3.47. The number of rotatable bonds is 6. The number of hydrogen-bond acceptors (Lipinski definition) is 4. The number of nitrogens with one attached hydrogen (secondary N) is 1. The van der Waals surface area contributed by atoms with Crippen LogP contribution in [-0.4, -0.2) is 22.6 Å². The standard InChI is InChI=1S/C24H21NO4S/c1-28-22-14-13-18(16-23(22)29-2)24-20-12-8-3-5-9-17(20)15-21(24)25-30(26,27)19-10-6-4-7-11-19/h3-16,25H,1-2H3. The Morgan fingerprint density at radius 3 is 2.07 bits per heavy atom. The highest BCUT2D eigenvalue weighted by Crippen LogP contribution is 2.45. The van der Waals surface area contributed by atoms with Gasteiger partial charge in [-0.15, -0.1) is 0 Å². The lowest BCUT2D eigenvalue weighted by molar-refractivity contribution is 0.355. The molecule has 0 atom stereocenters. The van der Waals surface area contributed by atoms with E-state index in [1.807, 2.05) is 54.6 Å². The van der Waals surface area contributed by atoms with Gasteiger partial charge in [-0.1, -0.05) is 54.6 Å². The van der Waals surface area contributed by atoms with Crippen molar-refractivity contribution in [1.29, 1.82) is 0 Å². The average molecular weight is 420 g/mol. The predicted octanol–water partition coefficient (Wildman–Crippen LogP) is 5.28. The molecule has 6 heteroatoms. The third kappa shape index (κ3) is 3.69. The maximum Gasteiger partial charge on any atom is 0.261 e. The minimum Gasteiger partial charge on any atom is -0.493 e. The van der Waals surface area contributed by atoms with Gasteiger partial charge in [-0.25, -0.2) is 8.42 Å². The maximum atomic E-state index is 13.0. The molecule has 0 amide bonds. The molecule has 0 fully saturated rings. The lowest BCUT2D eigenvalue weighted by atomic mass is 10.0. The summed E-state index contributed by atoms with van der Waals surface area (Å²) in [6.45, 7) is 0. The second kappa shape index (κ2) is 8.08. The van der Waals surface area contributed by atoms with Crippen molar-refractivity contribution < 1.29 is 17.9 Å². The van der Waals surface area contributed by atoms with Crippen molar-refractivity contribution in [3.63, 3.8) is 0 Å². The van der Waals surface area contributed by atoms with Crippen LogP contribution in [0.3, 0.4) is 0 Å². The second-order valence-electron chi connectivity index (χ2n) is 6.70. The van der Waals surface area contributed by atoms with Gasteiger partial charge in [0, 0.05) is 5.56 Å². The summed E-state index contributed by atoms with van der Waals surface area (Å²) < 4.78 is 39.5. The molecule has 1 N–H and O–H groups in total. The zero-order valence-corrected chi connectivity index (χ0v) is 17.4. The van der Waals surface area contributed by atoms with E-state index in [9.17, 15) is 8.42 Å². The van der Waals surface area contributed by atoms with Crippen LogP contribution in [0, 0.1) is 0 Å². The lowest BCUT2D eigenvalue weighted by Crippen LogP contribution is -2.12. The minimum absolute atomic E-state index is 0.207. The van der Waals surface area contributed by atoms with Crippen molar-refractivity contribution in [1.82, 2.24) is 0 Å². The van der Waals surface area contributed by atoms with Gasteiger partial charge in [0.15, 0.2) is 11.5 Å². The molecule has 0 saturated carbocycles. The highest BCUT2D eigenvalue weighted by atomic mass is 32.2. The first-order chi connectivity index (χ1) is 14.5. The van der Waals surface area contributed by atoms with E-state index in [2.05, 4.69) is 4.72 Å². The molecule has 2 aliphatic rings. The van der Waals surface area contributed by atoms with E-state index in [0.717, 1.165) is 22.3 Å². The third-order valence-corrected chi connectivity index (χ3v) is 6.26. The Hall–Kier alpha value is -3.51. The number of fused-ring (bicyclic) bond motifs is 1. The molecule has 0 spiro atoms. The van der Waals surface area contributed by atoms with Gasteiger partial charge in [0.1, 0.15) is 0 Å². The number of benzene rings is 2. The van der Waals surface area contributed by atoms with Gasteiger partial charge in [0.05, 0.1) is 24.8 Å². The second-order valence-corrected chi connectivity index (χ2v) is 8.38. The van der Waals surface area contributed by atoms with Crippen LogP contribution in [0.25, 0.3) is 22.3 Å². The van der Waals surface area contributed by atoms with Gasteiger partial charge < -0.3 is 9.47 Å². The van der Waals surface area contributed by atoms with Gasteiger partial charge in [-0.05, 0) is 47.0 Å².